The Kier molecular flexibility index (Phi) is 8.27. The number of aromatic nitrogens is 2. The highest BCUT2D eigenvalue weighted by Crippen LogP contribution is 2.40. The van der Waals surface area contributed by atoms with Gasteiger partial charge in [-0.15, -0.1) is 11.3 Å². The molecule has 10 nitrogen and oxygen atoms in total. The predicted octanol–water partition coefficient (Wildman–Crippen LogP) is 5.00. The minimum atomic E-state index is -3.75. The summed E-state index contributed by atoms with van der Waals surface area (Å²) < 4.78 is 39.1. The van der Waals surface area contributed by atoms with Gasteiger partial charge in [-0.2, -0.15) is 0 Å². The van der Waals surface area contributed by atoms with Gasteiger partial charge in [0.1, 0.15) is 6.26 Å². The van der Waals surface area contributed by atoms with E-state index in [1.54, 1.807) is 31.3 Å². The molecule has 1 saturated carbocycles. The minimum absolute atomic E-state index is 0.0903. The van der Waals surface area contributed by atoms with Crippen molar-refractivity contribution in [3.05, 3.63) is 41.9 Å². The van der Waals surface area contributed by atoms with Crippen LogP contribution < -0.4 is 15.4 Å². The summed E-state index contributed by atoms with van der Waals surface area (Å²) in [6.45, 7) is 5.66. The number of benzene rings is 1. The first-order valence-corrected chi connectivity index (χ1v) is 14.3. The molecule has 2 aromatic heterocycles. The van der Waals surface area contributed by atoms with Crippen LogP contribution in [0.15, 0.2) is 46.2 Å². The number of thiazole rings is 1. The number of alkyl carbamates (subject to hydrolysis) is 1. The van der Waals surface area contributed by atoms with Gasteiger partial charge < -0.3 is 19.8 Å². The molecule has 0 spiro atoms. The number of nitrogens with zero attached hydrogens (tertiary/aromatic N) is 2. The zero-order valence-electron chi connectivity index (χ0n) is 20.5. The lowest BCUT2D eigenvalue weighted by atomic mass is 9.86. The molecule has 2 heterocycles. The summed E-state index contributed by atoms with van der Waals surface area (Å²) in [4.78, 5) is 21.5. The summed E-state index contributed by atoms with van der Waals surface area (Å²) in [7, 11) is -3.75. The molecule has 3 aromatic rings. The molecule has 1 fully saturated rings. The van der Waals surface area contributed by atoms with E-state index in [4.69, 9.17) is 9.15 Å². The Morgan fingerprint density at radius 3 is 2.67 bits per heavy atom. The van der Waals surface area contributed by atoms with Crippen LogP contribution in [-0.2, 0) is 14.8 Å². The van der Waals surface area contributed by atoms with E-state index in [0.29, 0.717) is 11.3 Å². The van der Waals surface area contributed by atoms with Gasteiger partial charge in [-0.25, -0.2) is 27.9 Å². The van der Waals surface area contributed by atoms with Crippen LogP contribution in [0.2, 0.25) is 0 Å². The highest BCUT2D eigenvalue weighted by molar-refractivity contribution is 7.89. The number of anilines is 2. The average molecular weight is 534 g/mol. The number of hydrogen-bond acceptors (Lipinski definition) is 9. The number of nitrogens with one attached hydrogen (secondary N) is 3. The number of amides is 1. The molecule has 12 heteroatoms. The van der Waals surface area contributed by atoms with Gasteiger partial charge in [-0.3, -0.25) is 0 Å². The number of hydrogen-bond donors (Lipinski definition) is 3. The molecule has 1 aliphatic carbocycles. The maximum absolute atomic E-state index is 13.0. The van der Waals surface area contributed by atoms with E-state index in [2.05, 4.69) is 25.3 Å². The Hall–Kier alpha value is -2.96. The largest absolute Gasteiger partial charge is 0.447 e. The van der Waals surface area contributed by atoms with Crippen molar-refractivity contribution in [2.75, 3.05) is 11.9 Å². The van der Waals surface area contributed by atoms with Crippen LogP contribution in [-0.4, -0.2) is 43.2 Å². The predicted molar refractivity (Wildman–Crippen MR) is 138 cm³/mol. The van der Waals surface area contributed by atoms with Crippen molar-refractivity contribution in [2.24, 2.45) is 0 Å². The van der Waals surface area contributed by atoms with Crippen LogP contribution in [0.5, 0.6) is 0 Å². The molecule has 36 heavy (non-hydrogen) atoms. The summed E-state index contributed by atoms with van der Waals surface area (Å²) >= 11 is 1.51. The minimum Gasteiger partial charge on any atom is -0.447 e. The fourth-order valence-electron chi connectivity index (χ4n) is 4.20. The number of sulfonamides is 1. The van der Waals surface area contributed by atoms with Gasteiger partial charge in [0, 0.05) is 36.0 Å². The topological polar surface area (TPSA) is 135 Å². The summed E-state index contributed by atoms with van der Waals surface area (Å²) in [6.07, 6.45) is 7.62. The van der Waals surface area contributed by atoms with E-state index in [-0.39, 0.29) is 41.6 Å². The van der Waals surface area contributed by atoms with Gasteiger partial charge in [0.25, 0.3) is 6.01 Å². The second kappa shape index (κ2) is 11.4. The molecule has 0 atom stereocenters. The van der Waals surface area contributed by atoms with Gasteiger partial charge in [-0.1, -0.05) is 13.0 Å². The summed E-state index contributed by atoms with van der Waals surface area (Å²) in [5.74, 6) is 0.266. The van der Waals surface area contributed by atoms with E-state index in [1.807, 2.05) is 13.8 Å². The number of carbonyl (C=O) groups is 1. The highest BCUT2D eigenvalue weighted by Gasteiger charge is 2.27. The number of oxazole rings is 1. The monoisotopic (exact) mass is 533 g/mol. The van der Waals surface area contributed by atoms with E-state index in [9.17, 15) is 13.2 Å². The Morgan fingerprint density at radius 1 is 1.22 bits per heavy atom. The number of carbonyl (C=O) groups excluding carboxylic acids is 1. The van der Waals surface area contributed by atoms with Crippen LogP contribution in [0.25, 0.3) is 10.4 Å². The standard InChI is InChI=1S/C24H31N5O5S2/c1-4-27-36(31,32)21-13-18(28-23-25-11-12-33-23)9-10-19(21)20-14-26-22(35-20)16-5-7-17(8-6-16)29-24(30)34-15(2)3/h9-17,27H,4-8H2,1-3H3,(H,25,28)(H,29,30). The van der Waals surface area contributed by atoms with Crippen molar-refractivity contribution in [2.45, 2.75) is 69.4 Å². The van der Waals surface area contributed by atoms with Gasteiger partial charge in [0.2, 0.25) is 10.0 Å². The van der Waals surface area contributed by atoms with Crippen molar-refractivity contribution in [3.8, 4) is 10.4 Å². The maximum atomic E-state index is 13.0. The summed E-state index contributed by atoms with van der Waals surface area (Å²) in [6, 6.07) is 5.50. The Labute approximate surface area is 214 Å². The van der Waals surface area contributed by atoms with Crippen LogP contribution in [0, 0.1) is 0 Å². The first kappa shape index (κ1) is 26.1. The fourth-order valence-corrected chi connectivity index (χ4v) is 6.68. The van der Waals surface area contributed by atoms with Crippen LogP contribution in [0.1, 0.15) is 57.4 Å². The molecule has 4 rings (SSSR count). The van der Waals surface area contributed by atoms with Crippen molar-refractivity contribution in [1.82, 2.24) is 20.0 Å². The van der Waals surface area contributed by atoms with Crippen molar-refractivity contribution < 1.29 is 22.4 Å². The van der Waals surface area contributed by atoms with Crippen LogP contribution >= 0.6 is 11.3 Å². The molecule has 0 unspecified atom stereocenters. The van der Waals surface area contributed by atoms with Crippen molar-refractivity contribution in [1.29, 1.82) is 0 Å². The van der Waals surface area contributed by atoms with E-state index >= 15 is 0 Å². The third-order valence-electron chi connectivity index (χ3n) is 5.82. The zero-order chi connectivity index (χ0) is 25.7. The highest BCUT2D eigenvalue weighted by atomic mass is 32.2. The molecule has 0 aliphatic heterocycles. The lowest BCUT2D eigenvalue weighted by molar-refractivity contribution is 0.109. The molecule has 1 aromatic carbocycles. The molecule has 0 bridgehead atoms. The van der Waals surface area contributed by atoms with Crippen LogP contribution in [0.3, 0.4) is 0 Å². The van der Waals surface area contributed by atoms with E-state index in [0.717, 1.165) is 35.6 Å². The van der Waals surface area contributed by atoms with Gasteiger partial charge in [-0.05, 0) is 51.7 Å². The van der Waals surface area contributed by atoms with Gasteiger partial charge in [0.05, 0.1) is 27.1 Å². The maximum Gasteiger partial charge on any atom is 0.407 e. The smallest absolute Gasteiger partial charge is 0.407 e. The SMILES string of the molecule is CCNS(=O)(=O)c1cc(Nc2ncco2)ccc1-c1cnc(C2CCC(NC(=O)OC(C)C)CC2)s1. The molecule has 3 N–H and O–H groups in total. The Balaban J connectivity index is 1.51. The van der Waals surface area contributed by atoms with Gasteiger partial charge in [0.15, 0.2) is 0 Å². The fraction of sp³-hybridized carbons (Fsp3) is 0.458. The van der Waals surface area contributed by atoms with Crippen LogP contribution in [0.4, 0.5) is 16.5 Å². The third-order valence-corrected chi connectivity index (χ3v) is 8.60. The quantitative estimate of drug-likeness (QED) is 0.350. The zero-order valence-corrected chi connectivity index (χ0v) is 22.1. The average Bonchev–Trinajstić information content (AvgIpc) is 3.51. The Morgan fingerprint density at radius 2 is 2.00 bits per heavy atom. The number of rotatable bonds is 9. The normalized spacial score (nSPS) is 18.2. The summed E-state index contributed by atoms with van der Waals surface area (Å²) in [5.41, 5.74) is 1.13. The lowest BCUT2D eigenvalue weighted by Crippen LogP contribution is -2.38. The molecular formula is C24H31N5O5S2. The summed E-state index contributed by atoms with van der Waals surface area (Å²) in [5, 5.41) is 6.90. The lowest BCUT2D eigenvalue weighted by Gasteiger charge is -2.28. The first-order valence-electron chi connectivity index (χ1n) is 12.0. The first-order chi connectivity index (χ1) is 17.2. The van der Waals surface area contributed by atoms with E-state index in [1.165, 1.54) is 23.8 Å². The molecule has 1 amide bonds. The van der Waals surface area contributed by atoms with Gasteiger partial charge >= 0.3 is 6.09 Å². The van der Waals surface area contributed by atoms with Crippen molar-refractivity contribution in [3.63, 3.8) is 0 Å². The molecular weight excluding hydrogens is 502 g/mol. The molecule has 194 valence electrons. The van der Waals surface area contributed by atoms with Crippen molar-refractivity contribution >= 4 is 39.2 Å². The third kappa shape index (κ3) is 6.42. The molecule has 0 saturated heterocycles. The number of ether oxygens (including phenoxy) is 1. The Bertz CT molecular complexity index is 1270. The van der Waals surface area contributed by atoms with E-state index < -0.39 is 10.0 Å². The second-order valence-corrected chi connectivity index (χ2v) is 11.7. The molecule has 0 radical (unpaired) electrons. The molecule has 1 aliphatic rings. The second-order valence-electron chi connectivity index (χ2n) is 8.88.